The van der Waals surface area contributed by atoms with E-state index in [9.17, 15) is 0 Å². The van der Waals surface area contributed by atoms with Crippen LogP contribution < -0.4 is 0 Å². The molecule has 0 unspecified atom stereocenters. The number of nitrogens with zero attached hydrogens (tertiary/aromatic N) is 2. The largest absolute Gasteiger partial charge is 0.301 e. The van der Waals surface area contributed by atoms with Gasteiger partial charge in [0.2, 0.25) is 0 Å². The van der Waals surface area contributed by atoms with Crippen molar-refractivity contribution in [2.45, 2.75) is 45.6 Å². The number of thiazole rings is 1. The molecule has 1 heterocycles. The average Bonchev–Trinajstić information content (AvgIpc) is 2.76. The summed E-state index contributed by atoms with van der Waals surface area (Å²) in [5.74, 6) is 0. The van der Waals surface area contributed by atoms with Crippen molar-refractivity contribution < 1.29 is 0 Å². The van der Waals surface area contributed by atoms with Crippen LogP contribution in [-0.2, 0) is 6.54 Å². The summed E-state index contributed by atoms with van der Waals surface area (Å²) in [7, 11) is 2.25. The Labute approximate surface area is 123 Å². The van der Waals surface area contributed by atoms with Crippen molar-refractivity contribution in [3.63, 3.8) is 0 Å². The molecule has 1 aliphatic rings. The first-order valence-corrected chi connectivity index (χ1v) is 8.79. The molecule has 0 radical (unpaired) electrons. The van der Waals surface area contributed by atoms with Crippen LogP contribution in [0.2, 0.25) is 0 Å². The van der Waals surface area contributed by atoms with Crippen molar-refractivity contribution in [2.75, 3.05) is 18.9 Å². The van der Waals surface area contributed by atoms with Crippen molar-refractivity contribution in [1.29, 1.82) is 0 Å². The number of rotatable bonds is 5. The Morgan fingerprint density at radius 2 is 2.11 bits per heavy atom. The number of aryl methyl sites for hydroxylation is 1. The van der Waals surface area contributed by atoms with Crippen LogP contribution >= 0.6 is 27.3 Å². The molecule has 0 aliphatic heterocycles. The smallest absolute Gasteiger partial charge is 0.0798 e. The van der Waals surface area contributed by atoms with E-state index in [1.807, 2.05) is 5.51 Å². The predicted octanol–water partition coefficient (Wildman–Crippen LogP) is 4.23. The zero-order valence-electron chi connectivity index (χ0n) is 11.4. The molecule has 1 saturated carbocycles. The molecule has 0 amide bonds. The van der Waals surface area contributed by atoms with E-state index in [2.05, 4.69) is 39.8 Å². The second kappa shape index (κ2) is 6.49. The number of hydrogen-bond donors (Lipinski definition) is 0. The molecule has 4 heteroatoms. The third kappa shape index (κ3) is 3.55. The Balaban J connectivity index is 1.93. The van der Waals surface area contributed by atoms with E-state index in [1.54, 1.807) is 11.3 Å². The Bertz CT molecular complexity index is 372. The molecule has 102 valence electrons. The number of alkyl halides is 1. The molecule has 1 aromatic heterocycles. The molecule has 1 fully saturated rings. The summed E-state index contributed by atoms with van der Waals surface area (Å²) < 4.78 is 0. The first-order chi connectivity index (χ1) is 8.65. The maximum Gasteiger partial charge on any atom is 0.0798 e. The van der Waals surface area contributed by atoms with Gasteiger partial charge in [0.25, 0.3) is 0 Å². The Hall–Kier alpha value is 0.0700. The summed E-state index contributed by atoms with van der Waals surface area (Å²) in [6.45, 7) is 4.36. The summed E-state index contributed by atoms with van der Waals surface area (Å²) in [4.78, 5) is 8.23. The lowest BCUT2D eigenvalue weighted by molar-refractivity contribution is 0.142. The van der Waals surface area contributed by atoms with Crippen molar-refractivity contribution >= 4 is 27.3 Å². The van der Waals surface area contributed by atoms with Gasteiger partial charge in [0.05, 0.1) is 11.2 Å². The minimum Gasteiger partial charge on any atom is -0.301 e. The molecule has 1 aromatic rings. The van der Waals surface area contributed by atoms with Gasteiger partial charge in [0, 0.05) is 23.3 Å². The Kier molecular flexibility index (Phi) is 5.22. The number of aromatic nitrogens is 1. The van der Waals surface area contributed by atoms with Gasteiger partial charge in [0.15, 0.2) is 0 Å². The van der Waals surface area contributed by atoms with Crippen LogP contribution in [0.1, 0.15) is 42.7 Å². The maximum atomic E-state index is 4.34. The van der Waals surface area contributed by atoms with E-state index in [-0.39, 0.29) is 0 Å². The van der Waals surface area contributed by atoms with Crippen molar-refractivity contribution in [3.8, 4) is 0 Å². The average molecular weight is 331 g/mol. The van der Waals surface area contributed by atoms with Gasteiger partial charge >= 0.3 is 0 Å². The summed E-state index contributed by atoms with van der Waals surface area (Å²) in [6.07, 6.45) is 6.99. The normalized spacial score (nSPS) is 19.3. The molecule has 0 aromatic carbocycles. The number of hydrogen-bond acceptors (Lipinski definition) is 3. The highest BCUT2D eigenvalue weighted by Crippen LogP contribution is 2.38. The minimum atomic E-state index is 0.506. The molecule has 0 atom stereocenters. The fourth-order valence-corrected chi connectivity index (χ4v) is 4.58. The van der Waals surface area contributed by atoms with Crippen LogP contribution in [0.4, 0.5) is 0 Å². The minimum absolute atomic E-state index is 0.506. The summed E-state index contributed by atoms with van der Waals surface area (Å²) in [5.41, 5.74) is 3.66. The Morgan fingerprint density at radius 3 is 2.67 bits per heavy atom. The second-order valence-electron chi connectivity index (χ2n) is 5.73. The summed E-state index contributed by atoms with van der Waals surface area (Å²) in [6, 6.07) is 0. The highest BCUT2D eigenvalue weighted by molar-refractivity contribution is 9.09. The van der Waals surface area contributed by atoms with E-state index >= 15 is 0 Å². The summed E-state index contributed by atoms with van der Waals surface area (Å²) in [5, 5.41) is 1.14. The first kappa shape index (κ1) is 14.5. The van der Waals surface area contributed by atoms with E-state index in [4.69, 9.17) is 0 Å². The van der Waals surface area contributed by atoms with Crippen LogP contribution in [0, 0.1) is 12.3 Å². The van der Waals surface area contributed by atoms with E-state index in [0.29, 0.717) is 5.41 Å². The second-order valence-corrected chi connectivity index (χ2v) is 7.23. The van der Waals surface area contributed by atoms with Gasteiger partial charge in [-0.1, -0.05) is 35.2 Å². The van der Waals surface area contributed by atoms with Crippen LogP contribution in [0.3, 0.4) is 0 Å². The monoisotopic (exact) mass is 330 g/mol. The van der Waals surface area contributed by atoms with Gasteiger partial charge in [-0.2, -0.15) is 0 Å². The quantitative estimate of drug-likeness (QED) is 0.751. The SMILES string of the molecule is Cc1ncsc1CN(C)CC1(CBr)CCCCC1. The van der Waals surface area contributed by atoms with Crippen molar-refractivity contribution in [3.05, 3.63) is 16.1 Å². The fourth-order valence-electron chi connectivity index (χ4n) is 2.99. The lowest BCUT2D eigenvalue weighted by atomic mass is 9.75. The standard InChI is InChI=1S/C14H23BrN2S/c1-12-13(18-11-16-12)8-17(2)10-14(9-15)6-4-3-5-7-14/h11H,3-10H2,1-2H3. The molecule has 2 nitrogen and oxygen atoms in total. The van der Waals surface area contributed by atoms with Crippen LogP contribution in [0.25, 0.3) is 0 Å². The van der Waals surface area contributed by atoms with E-state index in [0.717, 1.165) is 11.9 Å². The highest BCUT2D eigenvalue weighted by atomic mass is 79.9. The lowest BCUT2D eigenvalue weighted by Gasteiger charge is -2.38. The van der Waals surface area contributed by atoms with E-state index < -0.39 is 0 Å². The van der Waals surface area contributed by atoms with Gasteiger partial charge in [-0.05, 0) is 32.2 Å². The lowest BCUT2D eigenvalue weighted by Crippen LogP contribution is -2.38. The van der Waals surface area contributed by atoms with Crippen LogP contribution in [-0.4, -0.2) is 28.8 Å². The zero-order chi connectivity index (χ0) is 13.0. The third-order valence-corrected chi connectivity index (χ3v) is 6.17. The molecule has 1 aliphatic carbocycles. The predicted molar refractivity (Wildman–Crippen MR) is 82.5 cm³/mol. The maximum absolute atomic E-state index is 4.34. The molecule has 0 N–H and O–H groups in total. The molecule has 2 rings (SSSR count). The van der Waals surface area contributed by atoms with Crippen molar-refractivity contribution in [2.24, 2.45) is 5.41 Å². The van der Waals surface area contributed by atoms with Gasteiger partial charge in [-0.25, -0.2) is 4.98 Å². The topological polar surface area (TPSA) is 16.1 Å². The summed E-state index contributed by atoms with van der Waals surface area (Å²) >= 11 is 5.53. The van der Waals surface area contributed by atoms with Crippen LogP contribution in [0.5, 0.6) is 0 Å². The molecule has 0 spiro atoms. The Morgan fingerprint density at radius 1 is 1.39 bits per heavy atom. The molecular weight excluding hydrogens is 308 g/mol. The number of halogens is 1. The third-order valence-electron chi connectivity index (χ3n) is 4.06. The molecule has 0 bridgehead atoms. The van der Waals surface area contributed by atoms with Gasteiger partial charge in [0.1, 0.15) is 0 Å². The van der Waals surface area contributed by atoms with Gasteiger partial charge < -0.3 is 4.90 Å². The van der Waals surface area contributed by atoms with Crippen molar-refractivity contribution in [1.82, 2.24) is 9.88 Å². The molecule has 18 heavy (non-hydrogen) atoms. The molecule has 0 saturated heterocycles. The van der Waals surface area contributed by atoms with Crippen LogP contribution in [0.15, 0.2) is 5.51 Å². The fraction of sp³-hybridized carbons (Fsp3) is 0.786. The van der Waals surface area contributed by atoms with Gasteiger partial charge in [-0.15, -0.1) is 11.3 Å². The first-order valence-electron chi connectivity index (χ1n) is 6.79. The zero-order valence-corrected chi connectivity index (χ0v) is 13.8. The highest BCUT2D eigenvalue weighted by Gasteiger charge is 2.32. The van der Waals surface area contributed by atoms with E-state index in [1.165, 1.54) is 49.2 Å². The molecular formula is C14H23BrN2S. The van der Waals surface area contributed by atoms with Gasteiger partial charge in [-0.3, -0.25) is 0 Å².